The number of fused-ring (bicyclic) bond motifs is 1. The Hall–Kier alpha value is -4.34. The summed E-state index contributed by atoms with van der Waals surface area (Å²) in [6.07, 6.45) is 8.81. The number of nitrogens with two attached hydrogens (primary N) is 2. The molecule has 3 aromatic heterocycles. The van der Waals surface area contributed by atoms with Crippen LogP contribution >= 0.6 is 0 Å². The van der Waals surface area contributed by atoms with Gasteiger partial charge in [-0.15, -0.1) is 0 Å². The molecule has 0 radical (unpaired) electrons. The summed E-state index contributed by atoms with van der Waals surface area (Å²) in [6, 6.07) is 9.35. The molecule has 0 aliphatic rings. The monoisotopic (exact) mass is 429 g/mol. The van der Waals surface area contributed by atoms with Gasteiger partial charge < -0.3 is 20.9 Å². The Morgan fingerprint density at radius 3 is 2.69 bits per heavy atom. The van der Waals surface area contributed by atoms with Gasteiger partial charge >= 0.3 is 0 Å². The van der Waals surface area contributed by atoms with Crippen molar-refractivity contribution in [2.45, 2.75) is 19.4 Å². The third-order valence-electron chi connectivity index (χ3n) is 5.11. The topological polar surface area (TPSA) is 142 Å². The highest BCUT2D eigenvalue weighted by molar-refractivity contribution is 6.32. The lowest BCUT2D eigenvalue weighted by Gasteiger charge is -2.17. The number of para-hydroxylation sites is 1. The molecular weight excluding hydrogens is 406 g/mol. The van der Waals surface area contributed by atoms with Crippen molar-refractivity contribution in [1.29, 1.82) is 0 Å². The van der Waals surface area contributed by atoms with Crippen molar-refractivity contribution < 1.29 is 4.74 Å². The maximum Gasteiger partial charge on any atom is 0.224 e. The van der Waals surface area contributed by atoms with E-state index < -0.39 is 0 Å². The SMILES string of the molecule is CCC(C(C=Nc1ccccc1)=NN)n1cc(-c2cncnc2OC)c2c(N)ncnc21. The van der Waals surface area contributed by atoms with Gasteiger partial charge in [0.2, 0.25) is 5.88 Å². The highest BCUT2D eigenvalue weighted by Gasteiger charge is 2.24. The van der Waals surface area contributed by atoms with Gasteiger partial charge in [0, 0.05) is 18.0 Å². The first kappa shape index (κ1) is 20.9. The second kappa shape index (κ2) is 9.21. The number of aliphatic imine (C=N–C) groups is 1. The van der Waals surface area contributed by atoms with E-state index in [0.29, 0.717) is 40.4 Å². The molecule has 1 aromatic carbocycles. The molecule has 0 saturated carbocycles. The average molecular weight is 429 g/mol. The lowest BCUT2D eigenvalue weighted by atomic mass is 10.1. The van der Waals surface area contributed by atoms with Crippen LogP contribution in [0.2, 0.25) is 0 Å². The molecule has 0 amide bonds. The summed E-state index contributed by atoms with van der Waals surface area (Å²) in [5.74, 6) is 6.54. The number of hydrogen-bond donors (Lipinski definition) is 2. The zero-order valence-electron chi connectivity index (χ0n) is 17.8. The van der Waals surface area contributed by atoms with E-state index in [1.807, 2.05) is 48.0 Å². The summed E-state index contributed by atoms with van der Waals surface area (Å²) < 4.78 is 7.40. The fraction of sp³-hybridized carbons (Fsp3) is 0.182. The van der Waals surface area contributed by atoms with E-state index in [4.69, 9.17) is 16.3 Å². The fourth-order valence-electron chi connectivity index (χ4n) is 3.62. The largest absolute Gasteiger partial charge is 0.480 e. The summed E-state index contributed by atoms with van der Waals surface area (Å²) in [5.41, 5.74) is 9.73. The third kappa shape index (κ3) is 3.85. The normalized spacial score (nSPS) is 13.0. The van der Waals surface area contributed by atoms with Crippen LogP contribution in [-0.2, 0) is 0 Å². The molecule has 10 nitrogen and oxygen atoms in total. The van der Waals surface area contributed by atoms with Crippen LogP contribution in [0, 0.1) is 0 Å². The zero-order valence-corrected chi connectivity index (χ0v) is 17.8. The number of ether oxygens (including phenoxy) is 1. The molecule has 0 aliphatic heterocycles. The van der Waals surface area contributed by atoms with Crippen LogP contribution in [0.15, 0.2) is 65.5 Å². The number of hydrogen-bond acceptors (Lipinski definition) is 9. The Balaban J connectivity index is 1.86. The molecule has 0 fully saturated rings. The predicted octanol–water partition coefficient (Wildman–Crippen LogP) is 3.15. The van der Waals surface area contributed by atoms with E-state index >= 15 is 0 Å². The van der Waals surface area contributed by atoms with E-state index in [1.54, 1.807) is 19.5 Å². The molecule has 1 atom stereocenters. The van der Waals surface area contributed by atoms with Crippen LogP contribution in [0.25, 0.3) is 22.2 Å². The molecule has 4 rings (SSSR count). The first-order valence-electron chi connectivity index (χ1n) is 10.00. The quantitative estimate of drug-likeness (QED) is 0.261. The van der Waals surface area contributed by atoms with E-state index in [0.717, 1.165) is 11.3 Å². The van der Waals surface area contributed by atoms with Gasteiger partial charge in [-0.05, 0) is 18.6 Å². The maximum absolute atomic E-state index is 6.26. The van der Waals surface area contributed by atoms with Crippen LogP contribution < -0.4 is 16.3 Å². The molecule has 32 heavy (non-hydrogen) atoms. The lowest BCUT2D eigenvalue weighted by Crippen LogP contribution is -2.21. The zero-order chi connectivity index (χ0) is 22.5. The molecular formula is C22H23N9O. The standard InChI is InChI=1S/C22H23N9O/c1-3-18(17(30-24)10-26-14-7-5-4-6-8-14)31-11-16(15-9-25-12-29-22(15)32-2)19-20(23)27-13-28-21(19)31/h4-13,18H,3,24H2,1-2H3,(H2,23,27,28). The van der Waals surface area contributed by atoms with Gasteiger partial charge in [-0.3, -0.25) is 4.99 Å². The summed E-state index contributed by atoms with van der Waals surface area (Å²) in [5, 5.41) is 4.69. The first-order chi connectivity index (χ1) is 15.7. The fourth-order valence-corrected chi connectivity index (χ4v) is 3.62. The van der Waals surface area contributed by atoms with Crippen molar-refractivity contribution in [2.75, 3.05) is 12.8 Å². The Labute approximate surface area is 184 Å². The summed E-state index contributed by atoms with van der Waals surface area (Å²) >= 11 is 0. The maximum atomic E-state index is 6.26. The Morgan fingerprint density at radius 2 is 1.97 bits per heavy atom. The van der Waals surface area contributed by atoms with Gasteiger partial charge in [0.1, 0.15) is 29.8 Å². The van der Waals surface area contributed by atoms with Crippen molar-refractivity contribution in [3.63, 3.8) is 0 Å². The van der Waals surface area contributed by atoms with Crippen LogP contribution in [0.5, 0.6) is 5.88 Å². The molecule has 0 bridgehead atoms. The van der Waals surface area contributed by atoms with Gasteiger partial charge in [-0.2, -0.15) is 5.10 Å². The Morgan fingerprint density at radius 1 is 1.16 bits per heavy atom. The predicted molar refractivity (Wildman–Crippen MR) is 125 cm³/mol. The number of aromatic nitrogens is 5. The molecule has 1 unspecified atom stereocenters. The van der Waals surface area contributed by atoms with E-state index in [1.165, 1.54) is 12.7 Å². The molecule has 3 heterocycles. The molecule has 0 saturated heterocycles. The number of nitrogens with zero attached hydrogens (tertiary/aromatic N) is 7. The number of rotatable bonds is 7. The van der Waals surface area contributed by atoms with Crippen molar-refractivity contribution in [3.8, 4) is 17.0 Å². The Bertz CT molecular complexity index is 1280. The molecule has 4 aromatic rings. The number of anilines is 1. The van der Waals surface area contributed by atoms with E-state index in [-0.39, 0.29) is 6.04 Å². The summed E-state index contributed by atoms with van der Waals surface area (Å²) in [7, 11) is 1.55. The molecule has 162 valence electrons. The van der Waals surface area contributed by atoms with Crippen molar-refractivity contribution in [2.24, 2.45) is 15.9 Å². The number of methoxy groups -OCH3 is 1. The molecule has 4 N–H and O–H groups in total. The van der Waals surface area contributed by atoms with Gasteiger partial charge in [0.05, 0.1) is 36.0 Å². The first-order valence-corrected chi connectivity index (χ1v) is 10.00. The van der Waals surface area contributed by atoms with E-state index in [9.17, 15) is 0 Å². The minimum atomic E-state index is -0.242. The second-order valence-corrected chi connectivity index (χ2v) is 6.93. The number of nitrogen functional groups attached to an aromatic ring is 1. The third-order valence-corrected chi connectivity index (χ3v) is 5.11. The van der Waals surface area contributed by atoms with Crippen molar-refractivity contribution in [1.82, 2.24) is 24.5 Å². The summed E-state index contributed by atoms with van der Waals surface area (Å²) in [6.45, 7) is 2.04. The minimum Gasteiger partial charge on any atom is -0.480 e. The highest BCUT2D eigenvalue weighted by Crippen LogP contribution is 2.37. The average Bonchev–Trinajstić information content (AvgIpc) is 3.22. The summed E-state index contributed by atoms with van der Waals surface area (Å²) in [4.78, 5) is 21.5. The van der Waals surface area contributed by atoms with Gasteiger partial charge in [0.15, 0.2) is 0 Å². The highest BCUT2D eigenvalue weighted by atomic mass is 16.5. The van der Waals surface area contributed by atoms with Gasteiger partial charge in [-0.1, -0.05) is 25.1 Å². The number of hydrazone groups is 1. The number of benzene rings is 1. The Kier molecular flexibility index (Phi) is 6.02. The van der Waals surface area contributed by atoms with Crippen LogP contribution in [-0.4, -0.2) is 43.5 Å². The van der Waals surface area contributed by atoms with Crippen molar-refractivity contribution in [3.05, 3.63) is 55.4 Å². The minimum absolute atomic E-state index is 0.242. The van der Waals surface area contributed by atoms with E-state index in [2.05, 4.69) is 30.0 Å². The van der Waals surface area contributed by atoms with Crippen LogP contribution in [0.1, 0.15) is 19.4 Å². The smallest absolute Gasteiger partial charge is 0.224 e. The van der Waals surface area contributed by atoms with Gasteiger partial charge in [-0.25, -0.2) is 19.9 Å². The lowest BCUT2D eigenvalue weighted by molar-refractivity contribution is 0.398. The van der Waals surface area contributed by atoms with Crippen LogP contribution in [0.4, 0.5) is 11.5 Å². The second-order valence-electron chi connectivity index (χ2n) is 6.93. The molecule has 0 spiro atoms. The molecule has 10 heteroatoms. The molecule has 0 aliphatic carbocycles. The van der Waals surface area contributed by atoms with Crippen LogP contribution in [0.3, 0.4) is 0 Å². The van der Waals surface area contributed by atoms with Crippen molar-refractivity contribution >= 4 is 34.5 Å². The van der Waals surface area contributed by atoms with Gasteiger partial charge in [0.25, 0.3) is 0 Å².